The number of thiocarbonyl (C=S) groups is 1. The van der Waals surface area contributed by atoms with Crippen LogP contribution in [-0.2, 0) is 0 Å². The summed E-state index contributed by atoms with van der Waals surface area (Å²) < 4.78 is 0. The van der Waals surface area contributed by atoms with E-state index in [1.807, 2.05) is 19.2 Å². The average molecular weight is 278 g/mol. The Hall–Kier alpha value is -1.20. The Labute approximate surface area is 120 Å². The van der Waals surface area contributed by atoms with Gasteiger partial charge in [-0.15, -0.1) is 0 Å². The molecule has 1 aromatic rings. The molecule has 1 aromatic heterocycles. The lowest BCUT2D eigenvalue weighted by atomic mass is 10.1. The molecule has 2 unspecified atom stereocenters. The van der Waals surface area contributed by atoms with Crippen LogP contribution in [0, 0.1) is 6.92 Å². The molecule has 2 atom stereocenters. The molecule has 104 valence electrons. The highest BCUT2D eigenvalue weighted by Crippen LogP contribution is 2.25. The minimum Gasteiger partial charge on any atom is -0.389 e. The first-order chi connectivity index (χ1) is 8.91. The highest BCUT2D eigenvalue weighted by Gasteiger charge is 2.29. The molecule has 4 nitrogen and oxygen atoms in total. The molecule has 0 saturated carbocycles. The Bertz CT molecular complexity index is 476. The summed E-state index contributed by atoms with van der Waals surface area (Å²) in [6.45, 7) is 8.40. The summed E-state index contributed by atoms with van der Waals surface area (Å²) in [5, 5.41) is 0. The standard InChI is InChI=1S/C14H22N4S/c1-9-5-6-16-14(12(9)13(15)19)18-7-10(2)17(4)11(3)8-18/h5-6,10-11H,7-8H2,1-4H3,(H2,15,19). The van der Waals surface area contributed by atoms with Gasteiger partial charge in [0.1, 0.15) is 10.8 Å². The highest BCUT2D eigenvalue weighted by atomic mass is 32.1. The maximum absolute atomic E-state index is 5.87. The molecule has 0 radical (unpaired) electrons. The summed E-state index contributed by atoms with van der Waals surface area (Å²) in [5.74, 6) is 0.930. The maximum atomic E-state index is 5.87. The summed E-state index contributed by atoms with van der Waals surface area (Å²) in [5.41, 5.74) is 7.89. The van der Waals surface area contributed by atoms with E-state index in [1.54, 1.807) is 0 Å². The van der Waals surface area contributed by atoms with Gasteiger partial charge in [-0.3, -0.25) is 4.90 Å². The minimum absolute atomic E-state index is 0.430. The lowest BCUT2D eigenvalue weighted by molar-refractivity contribution is 0.169. The van der Waals surface area contributed by atoms with Crippen LogP contribution in [0.25, 0.3) is 0 Å². The molecule has 2 heterocycles. The summed E-state index contributed by atoms with van der Waals surface area (Å²) in [7, 11) is 2.17. The van der Waals surface area contributed by atoms with Crippen LogP contribution < -0.4 is 10.6 Å². The van der Waals surface area contributed by atoms with Crippen molar-refractivity contribution < 1.29 is 0 Å². The first kappa shape index (κ1) is 14.2. The van der Waals surface area contributed by atoms with Crippen LogP contribution in [0.1, 0.15) is 25.0 Å². The Kier molecular flexibility index (Phi) is 4.06. The normalized spacial score (nSPS) is 24.5. The Morgan fingerprint density at radius 3 is 2.47 bits per heavy atom. The van der Waals surface area contributed by atoms with Gasteiger partial charge in [0.25, 0.3) is 0 Å². The quantitative estimate of drug-likeness (QED) is 0.832. The number of nitrogens with zero attached hydrogens (tertiary/aromatic N) is 3. The molecule has 0 spiro atoms. The second-order valence-electron chi connectivity index (χ2n) is 5.46. The van der Waals surface area contributed by atoms with Gasteiger partial charge in [0.15, 0.2) is 0 Å². The Morgan fingerprint density at radius 2 is 1.95 bits per heavy atom. The third kappa shape index (κ3) is 2.72. The zero-order valence-corrected chi connectivity index (χ0v) is 12.9. The van der Waals surface area contributed by atoms with Crippen LogP contribution >= 0.6 is 12.2 Å². The molecule has 0 bridgehead atoms. The van der Waals surface area contributed by atoms with Crippen LogP contribution in [0.4, 0.5) is 5.82 Å². The molecular weight excluding hydrogens is 256 g/mol. The molecule has 0 amide bonds. The smallest absolute Gasteiger partial charge is 0.139 e. The molecule has 1 aliphatic rings. The fraction of sp³-hybridized carbons (Fsp3) is 0.571. The van der Waals surface area contributed by atoms with Crippen molar-refractivity contribution in [2.24, 2.45) is 5.73 Å². The van der Waals surface area contributed by atoms with Gasteiger partial charge in [0, 0.05) is 31.4 Å². The van der Waals surface area contributed by atoms with Crippen LogP contribution in [-0.4, -0.2) is 47.1 Å². The Morgan fingerprint density at radius 1 is 1.37 bits per heavy atom. The van der Waals surface area contributed by atoms with E-state index in [0.29, 0.717) is 17.1 Å². The van der Waals surface area contributed by atoms with E-state index in [1.165, 1.54) is 0 Å². The van der Waals surface area contributed by atoms with Crippen LogP contribution in [0.5, 0.6) is 0 Å². The van der Waals surface area contributed by atoms with Crippen molar-refractivity contribution in [3.8, 4) is 0 Å². The van der Waals surface area contributed by atoms with Crippen molar-refractivity contribution in [2.45, 2.75) is 32.9 Å². The van der Waals surface area contributed by atoms with Gasteiger partial charge in [0.05, 0.1) is 5.56 Å². The second kappa shape index (κ2) is 5.43. The number of aromatic nitrogens is 1. The molecule has 2 rings (SSSR count). The van der Waals surface area contributed by atoms with Crippen LogP contribution in [0.15, 0.2) is 12.3 Å². The molecule has 1 aliphatic heterocycles. The number of piperazine rings is 1. The van der Waals surface area contributed by atoms with Crippen molar-refractivity contribution in [3.63, 3.8) is 0 Å². The van der Waals surface area contributed by atoms with E-state index in [9.17, 15) is 0 Å². The van der Waals surface area contributed by atoms with E-state index >= 15 is 0 Å². The van der Waals surface area contributed by atoms with Gasteiger partial charge < -0.3 is 10.6 Å². The molecule has 5 heteroatoms. The van der Waals surface area contributed by atoms with Gasteiger partial charge in [0.2, 0.25) is 0 Å². The molecule has 19 heavy (non-hydrogen) atoms. The molecule has 0 aliphatic carbocycles. The Balaban J connectivity index is 2.37. The lowest BCUT2D eigenvalue weighted by Crippen LogP contribution is -2.55. The number of rotatable bonds is 2. The first-order valence-electron chi connectivity index (χ1n) is 6.64. The second-order valence-corrected chi connectivity index (χ2v) is 5.90. The predicted octanol–water partition coefficient (Wildman–Crippen LogP) is 1.55. The van der Waals surface area contributed by atoms with Gasteiger partial charge >= 0.3 is 0 Å². The van der Waals surface area contributed by atoms with Crippen molar-refractivity contribution in [1.29, 1.82) is 0 Å². The van der Waals surface area contributed by atoms with Gasteiger partial charge in [-0.25, -0.2) is 4.98 Å². The zero-order chi connectivity index (χ0) is 14.2. The third-order valence-electron chi connectivity index (χ3n) is 4.04. The number of anilines is 1. The average Bonchev–Trinajstić information content (AvgIpc) is 2.34. The number of hydrogen-bond donors (Lipinski definition) is 1. The summed E-state index contributed by atoms with van der Waals surface area (Å²) >= 11 is 5.19. The first-order valence-corrected chi connectivity index (χ1v) is 7.05. The number of nitrogens with two attached hydrogens (primary N) is 1. The maximum Gasteiger partial charge on any atom is 0.139 e. The van der Waals surface area contributed by atoms with Crippen molar-refractivity contribution in [3.05, 3.63) is 23.4 Å². The van der Waals surface area contributed by atoms with E-state index in [2.05, 4.69) is 35.7 Å². The fourth-order valence-electron chi connectivity index (χ4n) is 2.67. The van der Waals surface area contributed by atoms with E-state index < -0.39 is 0 Å². The van der Waals surface area contributed by atoms with Crippen LogP contribution in [0.3, 0.4) is 0 Å². The van der Waals surface area contributed by atoms with E-state index in [-0.39, 0.29) is 0 Å². The number of pyridine rings is 1. The lowest BCUT2D eigenvalue weighted by Gasteiger charge is -2.43. The highest BCUT2D eigenvalue weighted by molar-refractivity contribution is 7.80. The number of likely N-dealkylation sites (N-methyl/N-ethyl adjacent to an activating group) is 1. The predicted molar refractivity (Wildman–Crippen MR) is 83.8 cm³/mol. The van der Waals surface area contributed by atoms with Gasteiger partial charge in [-0.1, -0.05) is 12.2 Å². The summed E-state index contributed by atoms with van der Waals surface area (Å²) in [4.78, 5) is 9.65. The minimum atomic E-state index is 0.430. The van der Waals surface area contributed by atoms with Crippen molar-refractivity contribution >= 4 is 23.0 Å². The summed E-state index contributed by atoms with van der Waals surface area (Å²) in [6, 6.07) is 2.94. The fourth-order valence-corrected chi connectivity index (χ4v) is 2.92. The molecule has 1 fully saturated rings. The van der Waals surface area contributed by atoms with E-state index in [0.717, 1.165) is 30.0 Å². The SMILES string of the molecule is Cc1ccnc(N2CC(C)N(C)C(C)C2)c1C(N)=S. The largest absolute Gasteiger partial charge is 0.389 e. The zero-order valence-electron chi connectivity index (χ0n) is 12.1. The molecule has 0 aromatic carbocycles. The van der Waals surface area contributed by atoms with Gasteiger partial charge in [-0.05, 0) is 39.4 Å². The third-order valence-corrected chi connectivity index (χ3v) is 4.25. The molecule has 2 N–H and O–H groups in total. The number of aryl methyl sites for hydroxylation is 1. The topological polar surface area (TPSA) is 45.4 Å². The molecule has 1 saturated heterocycles. The van der Waals surface area contributed by atoms with E-state index in [4.69, 9.17) is 18.0 Å². The van der Waals surface area contributed by atoms with Gasteiger partial charge in [-0.2, -0.15) is 0 Å². The van der Waals surface area contributed by atoms with Crippen molar-refractivity contribution in [1.82, 2.24) is 9.88 Å². The van der Waals surface area contributed by atoms with Crippen LogP contribution in [0.2, 0.25) is 0 Å². The van der Waals surface area contributed by atoms with Crippen molar-refractivity contribution in [2.75, 3.05) is 25.0 Å². The summed E-state index contributed by atoms with van der Waals surface area (Å²) in [6.07, 6.45) is 1.83. The monoisotopic (exact) mass is 278 g/mol. The number of hydrogen-bond acceptors (Lipinski definition) is 4. The molecular formula is C14H22N4S.